The molecule has 3 aromatic rings. The van der Waals surface area contributed by atoms with Crippen LogP contribution in [0.1, 0.15) is 30.5 Å². The van der Waals surface area contributed by atoms with E-state index in [1.165, 1.54) is 4.90 Å². The molecule has 0 saturated carbocycles. The van der Waals surface area contributed by atoms with Gasteiger partial charge in [0.15, 0.2) is 12.1 Å². The number of hydrogen-bond donors (Lipinski definition) is 2. The van der Waals surface area contributed by atoms with E-state index in [1.54, 1.807) is 13.8 Å². The van der Waals surface area contributed by atoms with Crippen molar-refractivity contribution in [2.45, 2.75) is 70.1 Å². The third-order valence-corrected chi connectivity index (χ3v) is 7.50. The van der Waals surface area contributed by atoms with Crippen molar-refractivity contribution in [3.8, 4) is 0 Å². The van der Waals surface area contributed by atoms with Crippen molar-refractivity contribution in [3.05, 3.63) is 108 Å². The van der Waals surface area contributed by atoms with Gasteiger partial charge in [0.2, 0.25) is 0 Å². The first-order chi connectivity index (χ1) is 20.3. The van der Waals surface area contributed by atoms with E-state index in [0.717, 1.165) is 16.7 Å². The zero-order valence-corrected chi connectivity index (χ0v) is 24.0. The summed E-state index contributed by atoms with van der Waals surface area (Å²) >= 11 is 0. The molecule has 3 aromatic carbocycles. The lowest BCUT2D eigenvalue weighted by atomic mass is 9.93. The van der Waals surface area contributed by atoms with Crippen LogP contribution in [0.4, 0.5) is 4.79 Å². The number of fused-ring (bicyclic) bond motifs is 1. The maximum Gasteiger partial charge on any atom is 0.410 e. The second-order valence-corrected chi connectivity index (χ2v) is 11.2. The van der Waals surface area contributed by atoms with Gasteiger partial charge in [-0.25, -0.2) is 4.79 Å². The molecule has 2 aliphatic heterocycles. The molecule has 0 radical (unpaired) electrons. The van der Waals surface area contributed by atoms with Gasteiger partial charge in [0, 0.05) is 19.0 Å². The lowest BCUT2D eigenvalue weighted by Crippen LogP contribution is -2.49. The Morgan fingerprint density at radius 1 is 0.881 bits per heavy atom. The Balaban J connectivity index is 1.31. The van der Waals surface area contributed by atoms with Crippen molar-refractivity contribution in [3.63, 3.8) is 0 Å². The van der Waals surface area contributed by atoms with Crippen LogP contribution in [0.2, 0.25) is 0 Å². The van der Waals surface area contributed by atoms with Crippen molar-refractivity contribution in [2.24, 2.45) is 5.92 Å². The van der Waals surface area contributed by atoms with E-state index >= 15 is 0 Å². The number of aliphatic hydroxyl groups excluding tert-OH is 2. The first-order valence-electron chi connectivity index (χ1n) is 14.3. The highest BCUT2D eigenvalue weighted by Crippen LogP contribution is 2.41. The summed E-state index contributed by atoms with van der Waals surface area (Å²) in [4.78, 5) is 14.8. The molecular formula is C33H39NO8. The molecule has 42 heavy (non-hydrogen) atoms. The zero-order valence-electron chi connectivity index (χ0n) is 24.0. The largest absolute Gasteiger partial charge is 0.445 e. The van der Waals surface area contributed by atoms with Crippen LogP contribution in [0.5, 0.6) is 0 Å². The molecule has 0 unspecified atom stereocenters. The summed E-state index contributed by atoms with van der Waals surface area (Å²) in [5.74, 6) is -1.64. The van der Waals surface area contributed by atoms with Crippen molar-refractivity contribution in [1.82, 2.24) is 4.90 Å². The summed E-state index contributed by atoms with van der Waals surface area (Å²) in [7, 11) is 0. The highest BCUT2D eigenvalue weighted by atomic mass is 16.8. The van der Waals surface area contributed by atoms with Crippen LogP contribution in [0.15, 0.2) is 91.0 Å². The maximum absolute atomic E-state index is 13.3. The molecule has 0 spiro atoms. The van der Waals surface area contributed by atoms with E-state index in [1.807, 2.05) is 91.0 Å². The van der Waals surface area contributed by atoms with E-state index in [-0.39, 0.29) is 26.3 Å². The predicted molar refractivity (Wildman–Crippen MR) is 154 cm³/mol. The van der Waals surface area contributed by atoms with Crippen molar-refractivity contribution < 1.29 is 38.7 Å². The summed E-state index contributed by atoms with van der Waals surface area (Å²) in [5.41, 5.74) is 2.71. The number of rotatable bonds is 12. The van der Waals surface area contributed by atoms with Gasteiger partial charge in [-0.05, 0) is 30.5 Å². The van der Waals surface area contributed by atoms with Crippen LogP contribution in [-0.2, 0) is 43.4 Å². The van der Waals surface area contributed by atoms with Crippen LogP contribution in [0.3, 0.4) is 0 Å². The standard InChI is InChI=1S/C33H39NO8/c1-33(2)41-30-29(38-21-24-14-8-4-9-15-24)28(40-31(30)42-33)27(36)26(20-35)19-34(18-23-12-6-3-7-13-23)32(37)39-22-25-16-10-5-11-17-25/h3-17,26-31,35-36H,18-22H2,1-2H3/t26-,27-,28+,29-,30+,31+/m0/s1. The number of nitrogens with zero attached hydrogens (tertiary/aromatic N) is 1. The number of carbonyl (C=O) groups excluding carboxylic acids is 1. The quantitative estimate of drug-likeness (QED) is 0.329. The van der Waals surface area contributed by atoms with Crippen LogP contribution >= 0.6 is 0 Å². The minimum Gasteiger partial charge on any atom is -0.445 e. The van der Waals surface area contributed by atoms with E-state index < -0.39 is 55.1 Å². The van der Waals surface area contributed by atoms with Gasteiger partial charge in [0.25, 0.3) is 0 Å². The first kappa shape index (κ1) is 30.2. The van der Waals surface area contributed by atoms with E-state index in [4.69, 9.17) is 23.7 Å². The number of aliphatic hydroxyl groups is 2. The Morgan fingerprint density at radius 2 is 1.45 bits per heavy atom. The van der Waals surface area contributed by atoms with Gasteiger partial charge < -0.3 is 38.8 Å². The van der Waals surface area contributed by atoms with E-state index in [0.29, 0.717) is 0 Å². The summed E-state index contributed by atoms with van der Waals surface area (Å²) in [6.45, 7) is 3.84. The Bertz CT molecular complexity index is 1260. The molecule has 2 aliphatic rings. The van der Waals surface area contributed by atoms with E-state index in [9.17, 15) is 15.0 Å². The first-order valence-corrected chi connectivity index (χ1v) is 14.3. The molecule has 1 amide bonds. The Labute approximate surface area is 246 Å². The van der Waals surface area contributed by atoms with Gasteiger partial charge in [-0.3, -0.25) is 0 Å². The molecule has 9 nitrogen and oxygen atoms in total. The predicted octanol–water partition coefficient (Wildman–Crippen LogP) is 4.26. The number of hydrogen-bond acceptors (Lipinski definition) is 8. The molecule has 2 N–H and O–H groups in total. The Kier molecular flexibility index (Phi) is 9.89. The zero-order chi connectivity index (χ0) is 29.5. The number of ether oxygens (including phenoxy) is 5. The molecule has 0 aromatic heterocycles. The monoisotopic (exact) mass is 577 g/mol. The minimum atomic E-state index is -1.20. The second-order valence-electron chi connectivity index (χ2n) is 11.2. The minimum absolute atomic E-state index is 0.0218. The molecular weight excluding hydrogens is 538 g/mol. The number of carbonyl (C=O) groups is 1. The van der Waals surface area contributed by atoms with Crippen LogP contribution in [-0.4, -0.2) is 70.9 Å². The highest BCUT2D eigenvalue weighted by molar-refractivity contribution is 5.67. The molecule has 0 aliphatic carbocycles. The van der Waals surface area contributed by atoms with Gasteiger partial charge in [0.05, 0.1) is 19.3 Å². The Hall–Kier alpha value is -3.31. The SMILES string of the molecule is CC1(C)O[C@H]2O[C@H]([C@@H](O)[C@H](CO)CN(Cc3ccccc3)C(=O)OCc3ccccc3)[C@H](OCc3ccccc3)[C@H]2O1. The topological polar surface area (TPSA) is 107 Å². The van der Waals surface area contributed by atoms with Crippen molar-refractivity contribution in [1.29, 1.82) is 0 Å². The second kappa shape index (κ2) is 13.8. The number of benzene rings is 3. The molecule has 9 heteroatoms. The van der Waals surface area contributed by atoms with Crippen LogP contribution in [0, 0.1) is 5.92 Å². The van der Waals surface area contributed by atoms with Gasteiger partial charge in [0.1, 0.15) is 24.9 Å². The molecule has 2 heterocycles. The fourth-order valence-electron chi connectivity index (χ4n) is 5.38. The lowest BCUT2D eigenvalue weighted by Gasteiger charge is -2.34. The van der Waals surface area contributed by atoms with Crippen molar-refractivity contribution in [2.75, 3.05) is 13.2 Å². The molecule has 5 rings (SSSR count). The lowest BCUT2D eigenvalue weighted by molar-refractivity contribution is -0.234. The van der Waals surface area contributed by atoms with E-state index in [2.05, 4.69) is 0 Å². The maximum atomic E-state index is 13.3. The van der Waals surface area contributed by atoms with Gasteiger partial charge in [-0.2, -0.15) is 0 Å². The summed E-state index contributed by atoms with van der Waals surface area (Å²) < 4.78 is 30.1. The summed E-state index contributed by atoms with van der Waals surface area (Å²) in [5, 5.41) is 22.1. The third-order valence-electron chi connectivity index (χ3n) is 7.50. The summed E-state index contributed by atoms with van der Waals surface area (Å²) in [6, 6.07) is 28.6. The normalized spacial score (nSPS) is 24.1. The van der Waals surface area contributed by atoms with Gasteiger partial charge in [-0.1, -0.05) is 91.0 Å². The molecule has 6 atom stereocenters. The summed E-state index contributed by atoms with van der Waals surface area (Å²) in [6.07, 6.45) is -4.60. The molecule has 2 saturated heterocycles. The van der Waals surface area contributed by atoms with Gasteiger partial charge >= 0.3 is 6.09 Å². The molecule has 2 fully saturated rings. The van der Waals surface area contributed by atoms with Crippen molar-refractivity contribution >= 4 is 6.09 Å². The van der Waals surface area contributed by atoms with Crippen LogP contribution < -0.4 is 0 Å². The molecule has 224 valence electrons. The average Bonchev–Trinajstić information content (AvgIpc) is 3.49. The van der Waals surface area contributed by atoms with Gasteiger partial charge in [-0.15, -0.1) is 0 Å². The van der Waals surface area contributed by atoms with Crippen LogP contribution in [0.25, 0.3) is 0 Å². The fraction of sp³-hybridized carbons (Fsp3) is 0.424. The Morgan fingerprint density at radius 3 is 2.05 bits per heavy atom. The fourth-order valence-corrected chi connectivity index (χ4v) is 5.38. The molecule has 0 bridgehead atoms. The number of amides is 1. The third kappa shape index (κ3) is 7.55. The average molecular weight is 578 g/mol. The highest BCUT2D eigenvalue weighted by Gasteiger charge is 2.58. The smallest absolute Gasteiger partial charge is 0.410 e.